The van der Waals surface area contributed by atoms with Crippen molar-refractivity contribution in [1.29, 1.82) is 0 Å². The molecule has 0 fully saturated rings. The van der Waals surface area contributed by atoms with Crippen molar-refractivity contribution in [3.63, 3.8) is 0 Å². The highest BCUT2D eigenvalue weighted by molar-refractivity contribution is 6.30. The second-order valence-electron chi connectivity index (χ2n) is 4.21. The van der Waals surface area contributed by atoms with Gasteiger partial charge in [0.25, 0.3) is 5.88 Å². The first kappa shape index (κ1) is 15.0. The summed E-state index contributed by atoms with van der Waals surface area (Å²) < 4.78 is 5.47. The third-order valence-electron chi connectivity index (χ3n) is 2.70. The molecule has 0 aliphatic rings. The minimum atomic E-state index is -0.553. The Kier molecular flexibility index (Phi) is 4.54. The number of nitro groups is 1. The number of anilines is 1. The third-order valence-corrected chi connectivity index (χ3v) is 2.93. The first-order valence-corrected chi connectivity index (χ1v) is 6.47. The largest absolute Gasteiger partial charge is 0.468 e. The Bertz CT molecular complexity index is 678. The summed E-state index contributed by atoms with van der Waals surface area (Å²) in [4.78, 5) is 18.5. The van der Waals surface area contributed by atoms with Gasteiger partial charge >= 0.3 is 5.69 Å². The molecule has 2 rings (SSSR count). The SMILES string of the molecule is CNc1nc(C)c([N+](=O)[O-])c(OCc2cccc(Cl)c2)n1. The van der Waals surface area contributed by atoms with Crippen molar-refractivity contribution in [2.24, 2.45) is 0 Å². The molecule has 0 spiro atoms. The van der Waals surface area contributed by atoms with Gasteiger partial charge in [-0.3, -0.25) is 10.1 Å². The molecule has 1 heterocycles. The van der Waals surface area contributed by atoms with Crippen LogP contribution in [-0.2, 0) is 6.61 Å². The lowest BCUT2D eigenvalue weighted by molar-refractivity contribution is -0.387. The number of aromatic nitrogens is 2. The molecule has 0 radical (unpaired) electrons. The molecule has 1 N–H and O–H groups in total. The van der Waals surface area contributed by atoms with Crippen LogP contribution in [0.4, 0.5) is 11.6 Å². The van der Waals surface area contributed by atoms with Gasteiger partial charge in [-0.1, -0.05) is 23.7 Å². The highest BCUT2D eigenvalue weighted by atomic mass is 35.5. The number of benzene rings is 1. The molecule has 1 aromatic heterocycles. The summed E-state index contributed by atoms with van der Waals surface area (Å²) in [7, 11) is 1.63. The molecule has 1 aromatic carbocycles. The predicted octanol–water partition coefficient (Wildman–Crippen LogP) is 2.97. The molecule has 8 heteroatoms. The molecule has 0 aliphatic heterocycles. The van der Waals surface area contributed by atoms with Crippen molar-refractivity contribution in [2.45, 2.75) is 13.5 Å². The van der Waals surface area contributed by atoms with E-state index >= 15 is 0 Å². The van der Waals surface area contributed by atoms with Crippen LogP contribution < -0.4 is 10.1 Å². The van der Waals surface area contributed by atoms with E-state index in [2.05, 4.69) is 15.3 Å². The predicted molar refractivity (Wildman–Crippen MR) is 78.8 cm³/mol. The lowest BCUT2D eigenvalue weighted by Gasteiger charge is -2.09. The first-order valence-electron chi connectivity index (χ1n) is 6.09. The number of nitrogens with zero attached hydrogens (tertiary/aromatic N) is 3. The Labute approximate surface area is 126 Å². The highest BCUT2D eigenvalue weighted by Crippen LogP contribution is 2.29. The first-order chi connectivity index (χ1) is 10.0. The molecule has 7 nitrogen and oxygen atoms in total. The van der Waals surface area contributed by atoms with Crippen LogP contribution in [0.5, 0.6) is 5.88 Å². The van der Waals surface area contributed by atoms with E-state index in [9.17, 15) is 10.1 Å². The number of halogens is 1. The molecule has 0 bridgehead atoms. The van der Waals surface area contributed by atoms with Crippen LogP contribution in [0, 0.1) is 17.0 Å². The van der Waals surface area contributed by atoms with E-state index in [0.29, 0.717) is 5.02 Å². The lowest BCUT2D eigenvalue weighted by atomic mass is 10.2. The summed E-state index contributed by atoms with van der Waals surface area (Å²) in [5.41, 5.74) is 0.788. The summed E-state index contributed by atoms with van der Waals surface area (Å²) in [6.45, 7) is 1.66. The fraction of sp³-hybridized carbons (Fsp3) is 0.231. The fourth-order valence-corrected chi connectivity index (χ4v) is 1.95. The van der Waals surface area contributed by atoms with E-state index < -0.39 is 4.92 Å². The maximum atomic E-state index is 11.1. The molecular formula is C13H13ClN4O3. The van der Waals surface area contributed by atoms with Gasteiger partial charge in [-0.15, -0.1) is 0 Å². The number of hydrogen-bond acceptors (Lipinski definition) is 6. The zero-order chi connectivity index (χ0) is 15.4. The Balaban J connectivity index is 2.29. The molecule has 0 atom stereocenters. The summed E-state index contributed by atoms with van der Waals surface area (Å²) in [6, 6.07) is 7.05. The lowest BCUT2D eigenvalue weighted by Crippen LogP contribution is -2.07. The van der Waals surface area contributed by atoms with Crippen LogP contribution in [0.15, 0.2) is 24.3 Å². The minimum absolute atomic E-state index is 0.0724. The monoisotopic (exact) mass is 308 g/mol. The molecule has 21 heavy (non-hydrogen) atoms. The van der Waals surface area contributed by atoms with Crippen molar-refractivity contribution in [3.05, 3.63) is 50.7 Å². The summed E-state index contributed by atoms with van der Waals surface area (Å²) in [5, 5.41) is 14.4. The Morgan fingerprint density at radius 1 is 1.43 bits per heavy atom. The molecule has 0 saturated heterocycles. The zero-order valence-electron chi connectivity index (χ0n) is 11.5. The van der Waals surface area contributed by atoms with Gasteiger partial charge in [0.15, 0.2) is 0 Å². The maximum absolute atomic E-state index is 11.1. The number of nitrogens with one attached hydrogen (secondary N) is 1. The topological polar surface area (TPSA) is 90.2 Å². The minimum Gasteiger partial charge on any atom is -0.468 e. The van der Waals surface area contributed by atoms with Crippen molar-refractivity contribution in [1.82, 2.24) is 9.97 Å². The van der Waals surface area contributed by atoms with Gasteiger partial charge in [0.2, 0.25) is 5.95 Å². The van der Waals surface area contributed by atoms with Crippen molar-refractivity contribution in [2.75, 3.05) is 12.4 Å². The summed E-state index contributed by atoms with van der Waals surface area (Å²) in [5.74, 6) is 0.191. The van der Waals surface area contributed by atoms with Crippen molar-refractivity contribution in [3.8, 4) is 5.88 Å². The molecule has 0 saturated carbocycles. The number of hydrogen-bond donors (Lipinski definition) is 1. The summed E-state index contributed by atoms with van der Waals surface area (Å²) >= 11 is 5.88. The van der Waals surface area contributed by atoms with Crippen LogP contribution in [0.1, 0.15) is 11.3 Å². The Hall–Kier alpha value is -2.41. The zero-order valence-corrected chi connectivity index (χ0v) is 12.2. The molecule has 0 unspecified atom stereocenters. The number of ether oxygens (including phenoxy) is 1. The van der Waals surface area contributed by atoms with Gasteiger partial charge in [0, 0.05) is 12.1 Å². The van der Waals surface area contributed by atoms with Crippen LogP contribution in [0.2, 0.25) is 5.02 Å². The van der Waals surface area contributed by atoms with E-state index in [4.69, 9.17) is 16.3 Å². The number of aryl methyl sites for hydroxylation is 1. The molecule has 2 aromatic rings. The van der Waals surface area contributed by atoms with Crippen LogP contribution in [0.25, 0.3) is 0 Å². The van der Waals surface area contributed by atoms with Gasteiger partial charge in [-0.2, -0.15) is 4.98 Å². The van der Waals surface area contributed by atoms with Crippen LogP contribution in [-0.4, -0.2) is 21.9 Å². The molecule has 0 amide bonds. The van der Waals surface area contributed by atoms with Crippen molar-refractivity contribution < 1.29 is 9.66 Å². The number of rotatable bonds is 5. The van der Waals surface area contributed by atoms with E-state index in [1.54, 1.807) is 25.2 Å². The Morgan fingerprint density at radius 2 is 2.19 bits per heavy atom. The van der Waals surface area contributed by atoms with Gasteiger partial charge in [-0.25, -0.2) is 4.98 Å². The smallest absolute Gasteiger partial charge is 0.352 e. The van der Waals surface area contributed by atoms with E-state index in [0.717, 1.165) is 5.56 Å². The average molecular weight is 309 g/mol. The van der Waals surface area contributed by atoms with E-state index in [1.807, 2.05) is 6.07 Å². The normalized spacial score (nSPS) is 10.2. The van der Waals surface area contributed by atoms with E-state index in [-0.39, 0.29) is 29.8 Å². The highest BCUT2D eigenvalue weighted by Gasteiger charge is 2.23. The van der Waals surface area contributed by atoms with Gasteiger partial charge in [-0.05, 0) is 24.6 Å². The second-order valence-corrected chi connectivity index (χ2v) is 4.65. The fourth-order valence-electron chi connectivity index (χ4n) is 1.74. The third kappa shape index (κ3) is 3.57. The van der Waals surface area contributed by atoms with E-state index in [1.165, 1.54) is 6.92 Å². The second kappa shape index (κ2) is 6.36. The van der Waals surface area contributed by atoms with Crippen molar-refractivity contribution >= 4 is 23.2 Å². The molecule has 110 valence electrons. The standard InChI is InChI=1S/C13H13ClN4O3/c1-8-11(18(19)20)12(17-13(15-2)16-8)21-7-9-4-3-5-10(14)6-9/h3-6H,7H2,1-2H3,(H,15,16,17). The maximum Gasteiger partial charge on any atom is 0.352 e. The quantitative estimate of drug-likeness (QED) is 0.674. The van der Waals surface area contributed by atoms with Crippen LogP contribution in [0.3, 0.4) is 0 Å². The van der Waals surface area contributed by atoms with Crippen LogP contribution >= 0.6 is 11.6 Å². The average Bonchev–Trinajstić information content (AvgIpc) is 2.44. The van der Waals surface area contributed by atoms with Gasteiger partial charge in [0.1, 0.15) is 12.3 Å². The molecule has 0 aliphatic carbocycles. The Morgan fingerprint density at radius 3 is 2.81 bits per heavy atom. The summed E-state index contributed by atoms with van der Waals surface area (Å²) in [6.07, 6.45) is 0. The van der Waals surface area contributed by atoms with Gasteiger partial charge < -0.3 is 10.1 Å². The van der Waals surface area contributed by atoms with Gasteiger partial charge in [0.05, 0.1) is 4.92 Å². The molecular weight excluding hydrogens is 296 g/mol.